The van der Waals surface area contributed by atoms with Gasteiger partial charge in [-0.15, -0.1) is 0 Å². The van der Waals surface area contributed by atoms with E-state index in [4.69, 9.17) is 0 Å². The number of benzene rings is 1. The summed E-state index contributed by atoms with van der Waals surface area (Å²) in [5.74, 6) is 0.125. The zero-order valence-corrected chi connectivity index (χ0v) is 15.9. The zero-order chi connectivity index (χ0) is 18.4. The van der Waals surface area contributed by atoms with Crippen molar-refractivity contribution >= 4 is 5.91 Å². The molecule has 26 heavy (non-hydrogen) atoms. The first kappa shape index (κ1) is 18.4. The average molecular weight is 351 g/mol. The van der Waals surface area contributed by atoms with Gasteiger partial charge in [0, 0.05) is 31.8 Å². The molecule has 0 bridgehead atoms. The molecule has 1 amide bonds. The van der Waals surface area contributed by atoms with Gasteiger partial charge in [0.15, 0.2) is 0 Å². The molecule has 1 N–H and O–H groups in total. The second-order valence-corrected chi connectivity index (χ2v) is 7.25. The van der Waals surface area contributed by atoms with Crippen LogP contribution in [0, 0.1) is 6.92 Å². The van der Waals surface area contributed by atoms with E-state index in [2.05, 4.69) is 47.7 Å². The molecule has 0 atom stereocenters. The Morgan fingerprint density at radius 3 is 2.73 bits per heavy atom. The Labute approximate surface area is 156 Å². The predicted octanol–water partition coefficient (Wildman–Crippen LogP) is 4.33. The highest BCUT2D eigenvalue weighted by molar-refractivity contribution is 5.76. The Hall–Kier alpha value is -2.36. The highest BCUT2D eigenvalue weighted by atomic mass is 16.1. The molecular formula is C22H29N3O. The molecule has 0 fully saturated rings. The van der Waals surface area contributed by atoms with Crippen molar-refractivity contribution in [2.45, 2.75) is 51.9 Å². The van der Waals surface area contributed by atoms with Gasteiger partial charge in [0.1, 0.15) is 0 Å². The van der Waals surface area contributed by atoms with Gasteiger partial charge < -0.3 is 5.32 Å². The van der Waals surface area contributed by atoms with Crippen LogP contribution < -0.4 is 5.32 Å². The van der Waals surface area contributed by atoms with Crippen molar-refractivity contribution in [2.24, 2.45) is 7.05 Å². The van der Waals surface area contributed by atoms with Crippen molar-refractivity contribution in [2.75, 3.05) is 6.54 Å². The molecule has 0 aliphatic heterocycles. The van der Waals surface area contributed by atoms with Gasteiger partial charge >= 0.3 is 0 Å². The molecule has 1 heterocycles. The first-order valence-electron chi connectivity index (χ1n) is 9.66. The molecule has 0 saturated heterocycles. The standard InChI is InChI=1S/C22H29N3O/c1-17-8-10-19(11-9-17)22-20(16-25(2)24-22)12-13-21(26)23-15-14-18-6-4-3-5-7-18/h6,8-11,16H,3-5,7,12-15H2,1-2H3,(H,23,26). The van der Waals surface area contributed by atoms with Gasteiger partial charge in [0.25, 0.3) is 0 Å². The molecular weight excluding hydrogens is 322 g/mol. The number of nitrogens with one attached hydrogen (secondary N) is 1. The van der Waals surface area contributed by atoms with E-state index in [1.807, 2.05) is 17.9 Å². The fourth-order valence-electron chi connectivity index (χ4n) is 3.51. The number of hydrogen-bond acceptors (Lipinski definition) is 2. The second-order valence-electron chi connectivity index (χ2n) is 7.25. The lowest BCUT2D eigenvalue weighted by Crippen LogP contribution is -2.25. The van der Waals surface area contributed by atoms with E-state index in [1.54, 1.807) is 0 Å². The van der Waals surface area contributed by atoms with E-state index >= 15 is 0 Å². The Kier molecular flexibility index (Phi) is 6.26. The third kappa shape index (κ3) is 5.07. The molecule has 0 saturated carbocycles. The number of nitrogens with zero attached hydrogens (tertiary/aromatic N) is 2. The van der Waals surface area contributed by atoms with Gasteiger partial charge in [-0.2, -0.15) is 5.10 Å². The van der Waals surface area contributed by atoms with Gasteiger partial charge in [0.2, 0.25) is 5.91 Å². The summed E-state index contributed by atoms with van der Waals surface area (Å²) < 4.78 is 1.83. The molecule has 1 aliphatic carbocycles. The number of carbonyl (C=O) groups excluding carboxylic acids is 1. The summed E-state index contributed by atoms with van der Waals surface area (Å²) in [6.45, 7) is 2.83. The van der Waals surface area contributed by atoms with Crippen LogP contribution in [0.15, 0.2) is 42.1 Å². The summed E-state index contributed by atoms with van der Waals surface area (Å²) in [4.78, 5) is 12.2. The Balaban J connectivity index is 1.52. The first-order valence-corrected chi connectivity index (χ1v) is 9.66. The van der Waals surface area contributed by atoms with Crippen molar-refractivity contribution < 1.29 is 4.79 Å². The summed E-state index contributed by atoms with van der Waals surface area (Å²) in [5.41, 5.74) is 5.95. The highest BCUT2D eigenvalue weighted by Crippen LogP contribution is 2.23. The average Bonchev–Trinajstić information content (AvgIpc) is 3.02. The van der Waals surface area contributed by atoms with Gasteiger partial charge in [-0.1, -0.05) is 41.5 Å². The summed E-state index contributed by atoms with van der Waals surface area (Å²) in [6, 6.07) is 8.39. The maximum Gasteiger partial charge on any atom is 0.220 e. The minimum Gasteiger partial charge on any atom is -0.356 e. The number of hydrogen-bond donors (Lipinski definition) is 1. The van der Waals surface area contributed by atoms with Crippen LogP contribution in [0.2, 0.25) is 0 Å². The third-order valence-electron chi connectivity index (χ3n) is 5.00. The summed E-state index contributed by atoms with van der Waals surface area (Å²) in [6.07, 6.45) is 11.6. The van der Waals surface area contributed by atoms with E-state index in [-0.39, 0.29) is 5.91 Å². The van der Waals surface area contributed by atoms with Crippen LogP contribution >= 0.6 is 0 Å². The van der Waals surface area contributed by atoms with Gasteiger partial charge in [-0.25, -0.2) is 0 Å². The minimum atomic E-state index is 0.125. The lowest BCUT2D eigenvalue weighted by molar-refractivity contribution is -0.121. The predicted molar refractivity (Wildman–Crippen MR) is 106 cm³/mol. The third-order valence-corrected chi connectivity index (χ3v) is 5.00. The van der Waals surface area contributed by atoms with Crippen molar-refractivity contribution in [3.05, 3.63) is 53.2 Å². The van der Waals surface area contributed by atoms with E-state index in [1.165, 1.54) is 36.8 Å². The second kappa shape index (κ2) is 8.84. The molecule has 1 aromatic carbocycles. The Morgan fingerprint density at radius 1 is 1.19 bits per heavy atom. The molecule has 0 radical (unpaired) electrons. The fraction of sp³-hybridized carbons (Fsp3) is 0.455. The first-order chi connectivity index (χ1) is 12.6. The largest absolute Gasteiger partial charge is 0.356 e. The Morgan fingerprint density at radius 2 is 2.00 bits per heavy atom. The van der Waals surface area contributed by atoms with Crippen LogP contribution in [-0.4, -0.2) is 22.2 Å². The number of aryl methyl sites for hydroxylation is 3. The summed E-state index contributed by atoms with van der Waals surface area (Å²) >= 11 is 0. The smallest absolute Gasteiger partial charge is 0.220 e. The zero-order valence-electron chi connectivity index (χ0n) is 15.9. The quantitative estimate of drug-likeness (QED) is 0.755. The highest BCUT2D eigenvalue weighted by Gasteiger charge is 2.12. The lowest BCUT2D eigenvalue weighted by atomic mass is 9.97. The van der Waals surface area contributed by atoms with E-state index in [0.717, 1.165) is 29.8 Å². The molecule has 0 unspecified atom stereocenters. The topological polar surface area (TPSA) is 46.9 Å². The maximum absolute atomic E-state index is 12.2. The molecule has 0 spiro atoms. The van der Waals surface area contributed by atoms with Gasteiger partial charge in [-0.05, 0) is 51.0 Å². The van der Waals surface area contributed by atoms with Crippen LogP contribution in [0.3, 0.4) is 0 Å². The van der Waals surface area contributed by atoms with Crippen LogP contribution in [-0.2, 0) is 18.3 Å². The summed E-state index contributed by atoms with van der Waals surface area (Å²) in [5, 5.41) is 7.66. The van der Waals surface area contributed by atoms with Crippen molar-refractivity contribution in [1.29, 1.82) is 0 Å². The van der Waals surface area contributed by atoms with Crippen LogP contribution in [0.1, 0.15) is 49.7 Å². The number of rotatable bonds is 7. The molecule has 4 heteroatoms. The van der Waals surface area contributed by atoms with Crippen LogP contribution in [0.5, 0.6) is 0 Å². The molecule has 1 aliphatic rings. The van der Waals surface area contributed by atoms with Crippen molar-refractivity contribution in [3.8, 4) is 11.3 Å². The van der Waals surface area contributed by atoms with Crippen molar-refractivity contribution in [3.63, 3.8) is 0 Å². The number of allylic oxidation sites excluding steroid dienone is 1. The molecule has 3 rings (SSSR count). The van der Waals surface area contributed by atoms with Crippen molar-refractivity contribution in [1.82, 2.24) is 15.1 Å². The van der Waals surface area contributed by atoms with Crippen LogP contribution in [0.25, 0.3) is 11.3 Å². The number of carbonyl (C=O) groups is 1. The lowest BCUT2D eigenvalue weighted by Gasteiger charge is -2.13. The number of aromatic nitrogens is 2. The molecule has 4 nitrogen and oxygen atoms in total. The molecule has 138 valence electrons. The van der Waals surface area contributed by atoms with Gasteiger partial charge in [0.05, 0.1) is 5.69 Å². The monoisotopic (exact) mass is 351 g/mol. The van der Waals surface area contributed by atoms with E-state index < -0.39 is 0 Å². The minimum absolute atomic E-state index is 0.125. The number of amides is 1. The van der Waals surface area contributed by atoms with Crippen LogP contribution in [0.4, 0.5) is 0 Å². The maximum atomic E-state index is 12.2. The summed E-state index contributed by atoms with van der Waals surface area (Å²) in [7, 11) is 1.93. The van der Waals surface area contributed by atoms with E-state index in [0.29, 0.717) is 12.8 Å². The fourth-order valence-corrected chi connectivity index (χ4v) is 3.51. The molecule has 2 aromatic rings. The molecule has 1 aromatic heterocycles. The van der Waals surface area contributed by atoms with Gasteiger partial charge in [-0.3, -0.25) is 9.48 Å². The normalized spacial score (nSPS) is 14.2. The SMILES string of the molecule is Cc1ccc(-c2nn(C)cc2CCC(=O)NCCC2=CCCCC2)cc1. The Bertz CT molecular complexity index is 771. The van der Waals surface area contributed by atoms with E-state index in [9.17, 15) is 4.79 Å².